The van der Waals surface area contributed by atoms with E-state index in [-0.39, 0.29) is 0 Å². The van der Waals surface area contributed by atoms with Crippen molar-refractivity contribution in [2.75, 3.05) is 9.80 Å². The minimum atomic E-state index is 0.685. The summed E-state index contributed by atoms with van der Waals surface area (Å²) in [4.78, 5) is 5.15. The first-order chi connectivity index (χ1) is 40.6. The fraction of sp³-hybridized carbons (Fsp3) is 0.375. The molecule has 418 valence electrons. The van der Waals surface area contributed by atoms with Crippen LogP contribution in [-0.2, 0) is 12.8 Å². The molecule has 0 saturated heterocycles. The fourth-order valence-corrected chi connectivity index (χ4v) is 16.0. The predicted octanol–water partition coefficient (Wildman–Crippen LogP) is 24.4. The molecule has 2 heteroatoms. The molecule has 9 aromatic carbocycles. The van der Waals surface area contributed by atoms with Gasteiger partial charge in [0.25, 0.3) is 0 Å². The number of rotatable bonds is 22. The van der Waals surface area contributed by atoms with Crippen LogP contribution < -0.4 is 9.80 Å². The van der Waals surface area contributed by atoms with Gasteiger partial charge in [-0.2, -0.15) is 0 Å². The molecule has 15 rings (SSSR count). The molecule has 6 aliphatic rings. The molecule has 4 unspecified atom stereocenters. The van der Waals surface area contributed by atoms with Crippen LogP contribution in [0.4, 0.5) is 34.1 Å². The summed E-state index contributed by atoms with van der Waals surface area (Å²) in [6.07, 6.45) is 31.0. The smallest absolute Gasteiger partial charge is 0.0540 e. The number of nitrogens with zero attached hydrogens (tertiary/aromatic N) is 2. The van der Waals surface area contributed by atoms with Crippen molar-refractivity contribution in [2.24, 2.45) is 0 Å². The van der Waals surface area contributed by atoms with Crippen LogP contribution in [-0.4, -0.2) is 0 Å². The second-order valence-corrected chi connectivity index (χ2v) is 25.3. The normalized spacial score (nSPS) is 18.1. The molecule has 2 nitrogen and oxygen atoms in total. The van der Waals surface area contributed by atoms with Crippen LogP contribution in [0.3, 0.4) is 0 Å². The maximum atomic E-state index is 2.61. The molecule has 4 atom stereocenters. The van der Waals surface area contributed by atoms with Crippen molar-refractivity contribution >= 4 is 55.7 Å². The van der Waals surface area contributed by atoms with Crippen LogP contribution in [0.1, 0.15) is 212 Å². The van der Waals surface area contributed by atoms with E-state index in [0.717, 1.165) is 24.7 Å². The Labute approximate surface area is 492 Å². The summed E-state index contributed by atoms with van der Waals surface area (Å²) in [5, 5.41) is 5.58. The summed E-state index contributed by atoms with van der Waals surface area (Å²) >= 11 is 0. The van der Waals surface area contributed by atoms with Crippen molar-refractivity contribution < 1.29 is 0 Å². The summed E-state index contributed by atoms with van der Waals surface area (Å²) in [6, 6.07) is 71.2. The van der Waals surface area contributed by atoms with Gasteiger partial charge in [-0.25, -0.2) is 0 Å². The molecule has 0 heterocycles. The monoisotopic (exact) mass is 1080 g/mol. The average Bonchev–Trinajstić information content (AvgIpc) is 4.05. The second-order valence-electron chi connectivity index (χ2n) is 25.3. The van der Waals surface area contributed by atoms with E-state index in [4.69, 9.17) is 0 Å². The van der Waals surface area contributed by atoms with Gasteiger partial charge in [-0.1, -0.05) is 212 Å². The van der Waals surface area contributed by atoms with Crippen LogP contribution in [0.2, 0.25) is 0 Å². The third-order valence-corrected chi connectivity index (χ3v) is 20.2. The largest absolute Gasteiger partial charge is 0.310 e. The highest BCUT2D eigenvalue weighted by molar-refractivity contribution is 6.13. The Kier molecular flexibility index (Phi) is 16.8. The number of para-hydroxylation sites is 4. The minimum Gasteiger partial charge on any atom is -0.310 e. The first kappa shape index (κ1) is 54.4. The third kappa shape index (κ3) is 11.1. The molecule has 2 saturated carbocycles. The summed E-state index contributed by atoms with van der Waals surface area (Å²) in [6.45, 7) is 4.68. The van der Waals surface area contributed by atoms with Gasteiger partial charge in [-0.05, 0) is 227 Å². The van der Waals surface area contributed by atoms with Gasteiger partial charge in [0.15, 0.2) is 0 Å². The second kappa shape index (κ2) is 25.3. The lowest BCUT2D eigenvalue weighted by atomic mass is 9.77. The zero-order chi connectivity index (χ0) is 55.2. The predicted molar refractivity (Wildman–Crippen MR) is 353 cm³/mol. The molecule has 0 N–H and O–H groups in total. The van der Waals surface area contributed by atoms with E-state index in [2.05, 4.69) is 206 Å². The number of aryl methyl sites for hydroxylation is 2. The molecule has 9 aromatic rings. The van der Waals surface area contributed by atoms with Crippen molar-refractivity contribution in [3.8, 4) is 22.3 Å². The van der Waals surface area contributed by atoms with Gasteiger partial charge in [0, 0.05) is 33.9 Å². The topological polar surface area (TPSA) is 6.48 Å². The number of anilines is 6. The quantitative estimate of drug-likeness (QED) is 0.0493. The van der Waals surface area contributed by atoms with Crippen LogP contribution >= 0.6 is 0 Å². The Bertz CT molecular complexity index is 3380. The van der Waals surface area contributed by atoms with Crippen LogP contribution in [0.15, 0.2) is 182 Å². The third-order valence-electron chi connectivity index (χ3n) is 20.2. The molecule has 6 aliphatic carbocycles. The standard InChI is InChI=1S/C80H88N2/c1-3-5-7-9-11-19-37-71-72(38-20-12-10-8-6-4-2)78-56-66(82(64-33-17-14-18-34-64)80-40-24-22-36-70(80)62-46-50-68-58-28-26-30-60(44-42-58)76(68)54-62)48-52-74(78)73-51-47-65(55-77(71)73)81(63-31-15-13-16-32-63)79-39-23-21-35-69(79)61-45-49-67-57-27-25-29-59(43-41-57)75(67)53-61/h13-18,21-24,31-36,39-40,45-60H,3-12,19-20,25-30,37-38,41-44H2,1-2H3. The van der Waals surface area contributed by atoms with Gasteiger partial charge >= 0.3 is 0 Å². The summed E-state index contributed by atoms with van der Waals surface area (Å²) in [5.41, 5.74) is 22.2. The highest BCUT2D eigenvalue weighted by atomic mass is 15.1. The highest BCUT2D eigenvalue weighted by Gasteiger charge is 2.33. The van der Waals surface area contributed by atoms with Crippen LogP contribution in [0, 0.1) is 0 Å². The van der Waals surface area contributed by atoms with Crippen LogP contribution in [0.5, 0.6) is 0 Å². The lowest BCUT2D eigenvalue weighted by molar-refractivity contribution is 0.527. The molecule has 82 heavy (non-hydrogen) atoms. The lowest BCUT2D eigenvalue weighted by Gasteiger charge is -2.31. The molecule has 0 spiro atoms. The molecule has 0 aliphatic heterocycles. The molecule has 0 amide bonds. The summed E-state index contributed by atoms with van der Waals surface area (Å²) in [7, 11) is 0. The van der Waals surface area contributed by atoms with Crippen molar-refractivity contribution in [3.63, 3.8) is 0 Å². The molecule has 2 fully saturated rings. The van der Waals surface area contributed by atoms with E-state index in [0.29, 0.717) is 11.8 Å². The van der Waals surface area contributed by atoms with Crippen molar-refractivity contribution in [1.29, 1.82) is 0 Å². The zero-order valence-electron chi connectivity index (χ0n) is 49.5. The molecule has 4 bridgehead atoms. The minimum absolute atomic E-state index is 0.685. The van der Waals surface area contributed by atoms with Gasteiger partial charge in [-0.15, -0.1) is 0 Å². The maximum Gasteiger partial charge on any atom is 0.0540 e. The number of fused-ring (bicyclic) bond motifs is 9. The number of hydrogen-bond acceptors (Lipinski definition) is 2. The SMILES string of the molecule is CCCCCCCCc1c(CCCCCCCC)c2cc(N(c3ccccc3)c3ccccc3-c3ccc4c(c3)C3CCCC4CC3)ccc2c2ccc(N(c3ccccc3)c3ccccc3-c3ccc4c(c3)C3CCCC4CC3)cc12. The first-order valence-corrected chi connectivity index (χ1v) is 32.8. The number of unbranched alkanes of at least 4 members (excludes halogenated alkanes) is 10. The number of benzene rings is 9. The Morgan fingerprint density at radius 2 is 0.683 bits per heavy atom. The summed E-state index contributed by atoms with van der Waals surface area (Å²) in [5.74, 6) is 2.81. The Balaban J connectivity index is 0.977. The van der Waals surface area contributed by atoms with E-state index in [1.807, 2.05) is 0 Å². The Hall–Kier alpha value is -6.90. The number of hydrogen-bond donors (Lipinski definition) is 0. The summed E-state index contributed by atoms with van der Waals surface area (Å²) < 4.78 is 0. The van der Waals surface area contributed by atoms with Gasteiger partial charge in [0.1, 0.15) is 0 Å². The van der Waals surface area contributed by atoms with Gasteiger partial charge < -0.3 is 9.80 Å². The van der Waals surface area contributed by atoms with E-state index in [9.17, 15) is 0 Å². The van der Waals surface area contributed by atoms with E-state index in [1.165, 1.54) is 219 Å². The first-order valence-electron chi connectivity index (χ1n) is 32.8. The Morgan fingerprint density at radius 1 is 0.305 bits per heavy atom. The van der Waals surface area contributed by atoms with E-state index in [1.54, 1.807) is 33.4 Å². The molecule has 0 aromatic heterocycles. The zero-order valence-corrected chi connectivity index (χ0v) is 49.5. The van der Waals surface area contributed by atoms with E-state index >= 15 is 0 Å². The van der Waals surface area contributed by atoms with Crippen molar-refractivity contribution in [2.45, 2.75) is 192 Å². The maximum absolute atomic E-state index is 2.61. The van der Waals surface area contributed by atoms with Crippen molar-refractivity contribution in [1.82, 2.24) is 0 Å². The fourth-order valence-electron chi connectivity index (χ4n) is 16.0. The van der Waals surface area contributed by atoms with Gasteiger partial charge in [0.2, 0.25) is 0 Å². The Morgan fingerprint density at radius 3 is 1.11 bits per heavy atom. The van der Waals surface area contributed by atoms with Crippen LogP contribution in [0.25, 0.3) is 43.8 Å². The molecule has 0 radical (unpaired) electrons. The highest BCUT2D eigenvalue weighted by Crippen LogP contribution is 2.52. The van der Waals surface area contributed by atoms with Gasteiger partial charge in [-0.3, -0.25) is 0 Å². The average molecular weight is 1080 g/mol. The molecular formula is C80H88N2. The molecular weight excluding hydrogens is 989 g/mol. The lowest BCUT2D eigenvalue weighted by Crippen LogP contribution is -2.13. The van der Waals surface area contributed by atoms with Crippen molar-refractivity contribution in [3.05, 3.63) is 215 Å². The van der Waals surface area contributed by atoms with Gasteiger partial charge in [0.05, 0.1) is 11.4 Å². The van der Waals surface area contributed by atoms with E-state index < -0.39 is 0 Å².